The monoisotopic (exact) mass is 405 g/mol. The van der Waals surface area contributed by atoms with Crippen LogP contribution in [0.25, 0.3) is 0 Å². The van der Waals surface area contributed by atoms with Crippen molar-refractivity contribution in [1.82, 2.24) is 5.32 Å². The molecule has 8 heteroatoms. The molecule has 0 spiro atoms. The Morgan fingerprint density at radius 1 is 1.04 bits per heavy atom. The fraction of sp³-hybridized carbons (Fsp3) is 0.300. The van der Waals surface area contributed by atoms with Crippen molar-refractivity contribution in [3.8, 4) is 5.75 Å². The third-order valence-corrected chi connectivity index (χ3v) is 4.95. The number of hydrogen-bond acceptors (Lipinski definition) is 6. The van der Waals surface area contributed by atoms with Crippen LogP contribution in [0.5, 0.6) is 5.75 Å². The summed E-state index contributed by atoms with van der Waals surface area (Å²) in [5, 5.41) is 2.59. The van der Waals surface area contributed by atoms with Gasteiger partial charge in [-0.05, 0) is 43.7 Å². The molecule has 1 amide bonds. The number of benzene rings is 2. The molecule has 0 radical (unpaired) electrons. The molecule has 1 N–H and O–H groups in total. The van der Waals surface area contributed by atoms with Gasteiger partial charge in [0.2, 0.25) is 5.91 Å². The van der Waals surface area contributed by atoms with E-state index in [1.165, 1.54) is 31.2 Å². The van der Waals surface area contributed by atoms with Gasteiger partial charge in [-0.2, -0.15) is 8.42 Å². The standard InChI is InChI=1S/C20H23NO6S/c1-14(2)26-20(23)19(13-21-15(3)22)16-8-7-9-17(12-16)27-28(24,25)18-10-5-4-6-11-18/h4-12,14,19H,13H2,1-3H3,(H,21,22). The van der Waals surface area contributed by atoms with E-state index in [1.54, 1.807) is 44.2 Å². The lowest BCUT2D eigenvalue weighted by Crippen LogP contribution is -2.32. The zero-order valence-corrected chi connectivity index (χ0v) is 16.7. The maximum Gasteiger partial charge on any atom is 0.339 e. The molecule has 0 saturated heterocycles. The lowest BCUT2D eigenvalue weighted by Gasteiger charge is -2.19. The van der Waals surface area contributed by atoms with Gasteiger partial charge in [-0.3, -0.25) is 9.59 Å². The van der Waals surface area contributed by atoms with Gasteiger partial charge in [-0.25, -0.2) is 0 Å². The molecule has 28 heavy (non-hydrogen) atoms. The summed E-state index contributed by atoms with van der Waals surface area (Å²) in [6, 6.07) is 13.9. The van der Waals surface area contributed by atoms with Crippen molar-refractivity contribution < 1.29 is 26.9 Å². The SMILES string of the molecule is CC(=O)NCC(C(=O)OC(C)C)c1cccc(OS(=O)(=O)c2ccccc2)c1. The molecule has 0 bridgehead atoms. The van der Waals surface area contributed by atoms with E-state index < -0.39 is 22.0 Å². The molecular weight excluding hydrogens is 382 g/mol. The van der Waals surface area contributed by atoms with E-state index in [1.807, 2.05) is 0 Å². The molecule has 0 aliphatic rings. The molecule has 0 heterocycles. The minimum atomic E-state index is -4.01. The predicted molar refractivity (Wildman–Crippen MR) is 103 cm³/mol. The van der Waals surface area contributed by atoms with Crippen molar-refractivity contribution in [3.63, 3.8) is 0 Å². The highest BCUT2D eigenvalue weighted by Gasteiger charge is 2.25. The van der Waals surface area contributed by atoms with E-state index in [-0.39, 0.29) is 29.2 Å². The highest BCUT2D eigenvalue weighted by molar-refractivity contribution is 7.87. The number of carbonyl (C=O) groups is 2. The van der Waals surface area contributed by atoms with Crippen molar-refractivity contribution in [2.75, 3.05) is 6.54 Å². The molecule has 0 saturated carbocycles. The first kappa shape index (κ1) is 21.4. The minimum absolute atomic E-state index is 0.0226. The molecule has 0 fully saturated rings. The Labute approximate surface area is 164 Å². The van der Waals surface area contributed by atoms with Gasteiger partial charge in [0.05, 0.1) is 12.0 Å². The molecule has 2 aromatic carbocycles. The second-order valence-corrected chi connectivity index (χ2v) is 7.94. The van der Waals surface area contributed by atoms with Gasteiger partial charge in [-0.1, -0.05) is 30.3 Å². The molecule has 2 rings (SSSR count). The van der Waals surface area contributed by atoms with Crippen molar-refractivity contribution in [2.45, 2.75) is 37.7 Å². The number of rotatable bonds is 8. The van der Waals surface area contributed by atoms with Crippen LogP contribution >= 0.6 is 0 Å². The summed E-state index contributed by atoms with van der Waals surface area (Å²) in [6.45, 7) is 4.81. The zero-order valence-electron chi connectivity index (χ0n) is 15.9. The minimum Gasteiger partial charge on any atom is -0.462 e. The maximum atomic E-state index is 12.5. The normalized spacial score (nSPS) is 12.3. The van der Waals surface area contributed by atoms with Crippen molar-refractivity contribution >= 4 is 22.0 Å². The molecule has 0 aliphatic carbocycles. The first-order valence-corrected chi connectivity index (χ1v) is 10.1. The summed E-state index contributed by atoms with van der Waals surface area (Å²) in [4.78, 5) is 23.7. The summed E-state index contributed by atoms with van der Waals surface area (Å²) in [5.41, 5.74) is 0.472. The highest BCUT2D eigenvalue weighted by Crippen LogP contribution is 2.25. The van der Waals surface area contributed by atoms with Crippen LogP contribution in [-0.2, 0) is 24.4 Å². The van der Waals surface area contributed by atoms with Gasteiger partial charge in [0.1, 0.15) is 10.6 Å². The van der Waals surface area contributed by atoms with Crippen molar-refractivity contribution in [2.24, 2.45) is 0 Å². The van der Waals surface area contributed by atoms with Crippen LogP contribution in [0.2, 0.25) is 0 Å². The summed E-state index contributed by atoms with van der Waals surface area (Å²) >= 11 is 0. The van der Waals surface area contributed by atoms with Crippen LogP contribution in [0, 0.1) is 0 Å². The lowest BCUT2D eigenvalue weighted by atomic mass is 9.99. The largest absolute Gasteiger partial charge is 0.462 e. The van der Waals surface area contributed by atoms with Crippen LogP contribution in [0.3, 0.4) is 0 Å². The highest BCUT2D eigenvalue weighted by atomic mass is 32.2. The average molecular weight is 405 g/mol. The zero-order chi connectivity index (χ0) is 20.7. The van der Waals surface area contributed by atoms with Crippen LogP contribution < -0.4 is 9.50 Å². The van der Waals surface area contributed by atoms with Crippen molar-refractivity contribution in [3.05, 3.63) is 60.2 Å². The van der Waals surface area contributed by atoms with Gasteiger partial charge in [0.25, 0.3) is 0 Å². The molecule has 150 valence electrons. The summed E-state index contributed by atoms with van der Waals surface area (Å²) in [5.74, 6) is -1.55. The van der Waals surface area contributed by atoms with Crippen molar-refractivity contribution in [1.29, 1.82) is 0 Å². The van der Waals surface area contributed by atoms with Crippen LogP contribution in [0.15, 0.2) is 59.5 Å². The van der Waals surface area contributed by atoms with Gasteiger partial charge < -0.3 is 14.2 Å². The molecule has 7 nitrogen and oxygen atoms in total. The number of hydrogen-bond donors (Lipinski definition) is 1. The van der Waals surface area contributed by atoms with E-state index in [2.05, 4.69) is 5.32 Å². The predicted octanol–water partition coefficient (Wildman–Crippen LogP) is 2.63. The second-order valence-electron chi connectivity index (χ2n) is 6.40. The molecular formula is C20H23NO6S. The molecule has 0 aliphatic heterocycles. The van der Waals surface area contributed by atoms with Gasteiger partial charge in [0, 0.05) is 13.5 Å². The number of esters is 1. The molecule has 0 aromatic heterocycles. The average Bonchev–Trinajstić information content (AvgIpc) is 2.62. The van der Waals surface area contributed by atoms with Gasteiger partial charge >= 0.3 is 16.1 Å². The Morgan fingerprint density at radius 3 is 2.32 bits per heavy atom. The Morgan fingerprint density at radius 2 is 1.71 bits per heavy atom. The van der Waals surface area contributed by atoms with E-state index in [4.69, 9.17) is 8.92 Å². The molecule has 1 unspecified atom stereocenters. The fourth-order valence-corrected chi connectivity index (χ4v) is 3.39. The quantitative estimate of drug-likeness (QED) is 0.535. The second kappa shape index (κ2) is 9.36. The summed E-state index contributed by atoms with van der Waals surface area (Å²) in [6.07, 6.45) is -0.329. The number of amides is 1. The van der Waals surface area contributed by atoms with Crippen LogP contribution in [0.1, 0.15) is 32.3 Å². The Hall–Kier alpha value is -2.87. The van der Waals surface area contributed by atoms with Crippen LogP contribution in [0.4, 0.5) is 0 Å². The summed E-state index contributed by atoms with van der Waals surface area (Å²) < 4.78 is 35.3. The van der Waals surface area contributed by atoms with Crippen LogP contribution in [-0.4, -0.2) is 32.9 Å². The fourth-order valence-electron chi connectivity index (χ4n) is 2.44. The number of carbonyl (C=O) groups excluding carboxylic acids is 2. The Kier molecular flexibility index (Phi) is 7.17. The van der Waals surface area contributed by atoms with Gasteiger partial charge in [-0.15, -0.1) is 0 Å². The van der Waals surface area contributed by atoms with E-state index in [9.17, 15) is 18.0 Å². The number of ether oxygens (including phenoxy) is 1. The van der Waals surface area contributed by atoms with Gasteiger partial charge in [0.15, 0.2) is 0 Å². The topological polar surface area (TPSA) is 98.8 Å². The van der Waals surface area contributed by atoms with E-state index >= 15 is 0 Å². The summed E-state index contributed by atoms with van der Waals surface area (Å²) in [7, 11) is -4.01. The lowest BCUT2D eigenvalue weighted by molar-refractivity contribution is -0.149. The third kappa shape index (κ3) is 6.09. The first-order valence-electron chi connectivity index (χ1n) is 8.73. The number of nitrogens with one attached hydrogen (secondary N) is 1. The smallest absolute Gasteiger partial charge is 0.339 e. The van der Waals surface area contributed by atoms with E-state index in [0.29, 0.717) is 5.56 Å². The van der Waals surface area contributed by atoms with E-state index in [0.717, 1.165) is 0 Å². The molecule has 2 aromatic rings. The Balaban J connectivity index is 2.29. The third-order valence-electron chi connectivity index (χ3n) is 3.69. The Bertz CT molecular complexity index is 925. The maximum absolute atomic E-state index is 12.5. The molecule has 1 atom stereocenters. The first-order chi connectivity index (χ1) is 13.2.